The van der Waals surface area contributed by atoms with Crippen molar-refractivity contribution in [3.05, 3.63) is 36.8 Å². The number of aromatic nitrogens is 2. The van der Waals surface area contributed by atoms with Crippen LogP contribution in [-0.4, -0.2) is 40.1 Å². The van der Waals surface area contributed by atoms with Gasteiger partial charge in [-0.05, 0) is 37.1 Å². The Hall–Kier alpha value is -3.26. The zero-order valence-corrected chi connectivity index (χ0v) is 13.8. The predicted octanol–water partition coefficient (Wildman–Crippen LogP) is 2.32. The summed E-state index contributed by atoms with van der Waals surface area (Å²) < 4.78 is 5.14. The molecule has 1 fully saturated rings. The van der Waals surface area contributed by atoms with Gasteiger partial charge in [-0.1, -0.05) is 0 Å². The van der Waals surface area contributed by atoms with Crippen LogP contribution in [0.2, 0.25) is 0 Å². The summed E-state index contributed by atoms with van der Waals surface area (Å²) in [6, 6.07) is 7.26. The molecule has 0 spiro atoms. The Kier molecular flexibility index (Phi) is 3.42. The minimum absolute atomic E-state index is 0.0245. The van der Waals surface area contributed by atoms with E-state index < -0.39 is 0 Å². The van der Waals surface area contributed by atoms with Crippen LogP contribution in [0.3, 0.4) is 0 Å². The fourth-order valence-electron chi connectivity index (χ4n) is 3.41. The van der Waals surface area contributed by atoms with Gasteiger partial charge >= 0.3 is 0 Å². The van der Waals surface area contributed by atoms with E-state index in [-0.39, 0.29) is 18.0 Å². The molecule has 8 heteroatoms. The van der Waals surface area contributed by atoms with Crippen LogP contribution in [0.15, 0.2) is 51.4 Å². The molecule has 2 atom stereocenters. The number of anilines is 1. The molecule has 0 saturated carbocycles. The molecule has 3 N–H and O–H groups in total. The predicted molar refractivity (Wildman–Crippen MR) is 98.3 cm³/mol. The molecule has 0 radical (unpaired) electrons. The van der Waals surface area contributed by atoms with Crippen LogP contribution in [-0.2, 0) is 4.79 Å². The molecule has 1 unspecified atom stereocenters. The highest BCUT2D eigenvalue weighted by molar-refractivity contribution is 6.08. The summed E-state index contributed by atoms with van der Waals surface area (Å²) in [5.41, 5.74) is 4.32. The third-order valence-corrected chi connectivity index (χ3v) is 4.77. The molecule has 2 aliphatic heterocycles. The van der Waals surface area contributed by atoms with Crippen molar-refractivity contribution in [2.24, 2.45) is 10.2 Å². The Morgan fingerprint density at radius 1 is 1.31 bits per heavy atom. The normalized spacial score (nSPS) is 21.6. The van der Waals surface area contributed by atoms with Crippen molar-refractivity contribution < 1.29 is 9.21 Å². The van der Waals surface area contributed by atoms with E-state index in [2.05, 4.69) is 31.0 Å². The van der Waals surface area contributed by atoms with Crippen molar-refractivity contribution in [3.8, 4) is 11.3 Å². The lowest BCUT2D eigenvalue weighted by atomic mass is 9.97. The average Bonchev–Trinajstić information content (AvgIpc) is 3.40. The van der Waals surface area contributed by atoms with E-state index in [4.69, 9.17) is 4.42 Å². The van der Waals surface area contributed by atoms with E-state index in [1.165, 1.54) is 0 Å². The Balaban J connectivity index is 1.37. The zero-order chi connectivity index (χ0) is 17.5. The monoisotopic (exact) mass is 348 g/mol. The first kappa shape index (κ1) is 15.0. The van der Waals surface area contributed by atoms with Crippen molar-refractivity contribution in [2.75, 3.05) is 5.32 Å². The van der Waals surface area contributed by atoms with E-state index in [0.717, 1.165) is 40.0 Å². The van der Waals surface area contributed by atoms with Gasteiger partial charge in [0.2, 0.25) is 5.91 Å². The van der Waals surface area contributed by atoms with Gasteiger partial charge in [-0.3, -0.25) is 15.2 Å². The van der Waals surface area contributed by atoms with E-state index >= 15 is 0 Å². The minimum atomic E-state index is -0.267. The number of hydrogen-bond donors (Lipinski definition) is 3. The second-order valence-corrected chi connectivity index (χ2v) is 6.43. The van der Waals surface area contributed by atoms with Crippen molar-refractivity contribution >= 4 is 34.4 Å². The minimum Gasteiger partial charge on any atom is -0.472 e. The smallest absolute Gasteiger partial charge is 0.241 e. The Labute approximate surface area is 148 Å². The number of nitrogens with zero attached hydrogens (tertiary/aromatic N) is 3. The molecule has 130 valence electrons. The number of fused-ring (bicyclic) bond motifs is 2. The van der Waals surface area contributed by atoms with Gasteiger partial charge < -0.3 is 9.73 Å². The van der Waals surface area contributed by atoms with Crippen LogP contribution in [0.1, 0.15) is 12.8 Å². The maximum Gasteiger partial charge on any atom is 0.241 e. The van der Waals surface area contributed by atoms with Crippen molar-refractivity contribution in [3.63, 3.8) is 0 Å². The molecular formula is C18H16N6O2. The third-order valence-electron chi connectivity index (χ3n) is 4.77. The number of aromatic amines is 1. The van der Waals surface area contributed by atoms with Gasteiger partial charge in [-0.15, -0.1) is 0 Å². The lowest BCUT2D eigenvalue weighted by Gasteiger charge is -2.27. The summed E-state index contributed by atoms with van der Waals surface area (Å²) in [5, 5.41) is 22.5. The van der Waals surface area contributed by atoms with Crippen LogP contribution in [0, 0.1) is 0 Å². The Morgan fingerprint density at radius 2 is 2.27 bits per heavy atom. The molecule has 8 nitrogen and oxygen atoms in total. The van der Waals surface area contributed by atoms with E-state index in [1.54, 1.807) is 18.7 Å². The van der Waals surface area contributed by atoms with E-state index in [0.29, 0.717) is 6.42 Å². The van der Waals surface area contributed by atoms with Crippen molar-refractivity contribution in [1.29, 1.82) is 0 Å². The molecule has 2 aliphatic rings. The maximum absolute atomic E-state index is 12.6. The quantitative estimate of drug-likeness (QED) is 0.675. The number of piperidine rings is 1. The fourth-order valence-corrected chi connectivity index (χ4v) is 3.41. The number of H-pyrrole nitrogens is 1. The Morgan fingerprint density at radius 3 is 3.15 bits per heavy atom. The van der Waals surface area contributed by atoms with Gasteiger partial charge in [0.05, 0.1) is 35.8 Å². The van der Waals surface area contributed by atoms with Crippen LogP contribution in [0.4, 0.5) is 5.69 Å². The highest BCUT2D eigenvalue weighted by Gasteiger charge is 2.31. The molecule has 26 heavy (non-hydrogen) atoms. The molecule has 1 saturated heterocycles. The summed E-state index contributed by atoms with van der Waals surface area (Å²) in [6.07, 6.45) is 6.48. The van der Waals surface area contributed by atoms with Gasteiger partial charge in [-0.25, -0.2) is 0 Å². The molecule has 0 aliphatic carbocycles. The van der Waals surface area contributed by atoms with Crippen LogP contribution >= 0.6 is 0 Å². The number of benzene rings is 1. The number of nitrogens with one attached hydrogen (secondary N) is 3. The second kappa shape index (κ2) is 5.92. The fraction of sp³-hybridized carbons (Fsp3) is 0.222. The zero-order valence-electron chi connectivity index (χ0n) is 13.8. The highest BCUT2D eigenvalue weighted by atomic mass is 16.3. The first-order valence-electron chi connectivity index (χ1n) is 8.45. The standard InChI is InChI=1S/C18H16N6O2/c25-18(15-4-3-14-16(21-15)8-19-22-14)20-11-1-2-13-12(7-11)17(24-23-13)10-5-6-26-9-10/h1-2,5-9,15-16,21H,3-4H2,(H,20,25)(H,23,24)/t15-,16?/m1/s1. The molecule has 1 aromatic carbocycles. The first-order chi connectivity index (χ1) is 12.8. The number of carbonyl (C=O) groups excluding carboxylic acids is 1. The number of furan rings is 1. The molecule has 4 heterocycles. The van der Waals surface area contributed by atoms with Gasteiger partial charge in [-0.2, -0.15) is 15.3 Å². The Bertz CT molecular complexity index is 1030. The van der Waals surface area contributed by atoms with Crippen LogP contribution < -0.4 is 10.6 Å². The van der Waals surface area contributed by atoms with Gasteiger partial charge in [0.15, 0.2) is 0 Å². The molecule has 3 aromatic rings. The number of hydrogen-bond acceptors (Lipinski definition) is 6. The summed E-state index contributed by atoms with van der Waals surface area (Å²) in [7, 11) is 0. The SMILES string of the molecule is O=C(Nc1ccc2[nH]nc(-c3ccoc3)c2c1)[C@H]1CCC2=NN=CC2N1. The molecule has 5 rings (SSSR count). The van der Waals surface area contributed by atoms with Gasteiger partial charge in [0.1, 0.15) is 5.69 Å². The lowest BCUT2D eigenvalue weighted by molar-refractivity contribution is -0.118. The van der Waals surface area contributed by atoms with E-state index in [9.17, 15) is 4.79 Å². The summed E-state index contributed by atoms with van der Waals surface area (Å²) >= 11 is 0. The molecular weight excluding hydrogens is 332 g/mol. The van der Waals surface area contributed by atoms with Crippen molar-refractivity contribution in [2.45, 2.75) is 24.9 Å². The van der Waals surface area contributed by atoms with Gasteiger partial charge in [0, 0.05) is 22.9 Å². The average molecular weight is 348 g/mol. The number of rotatable bonds is 3. The van der Waals surface area contributed by atoms with Crippen LogP contribution in [0.25, 0.3) is 22.2 Å². The topological polar surface area (TPSA) is 108 Å². The summed E-state index contributed by atoms with van der Waals surface area (Å²) in [6.45, 7) is 0. The molecule has 1 amide bonds. The number of amides is 1. The third kappa shape index (κ3) is 2.51. The lowest BCUT2D eigenvalue weighted by Crippen LogP contribution is -2.52. The summed E-state index contributed by atoms with van der Waals surface area (Å²) in [5.74, 6) is -0.0583. The summed E-state index contributed by atoms with van der Waals surface area (Å²) in [4.78, 5) is 12.6. The molecule has 2 aromatic heterocycles. The molecule has 0 bridgehead atoms. The van der Waals surface area contributed by atoms with Crippen LogP contribution in [0.5, 0.6) is 0 Å². The van der Waals surface area contributed by atoms with Crippen molar-refractivity contribution in [1.82, 2.24) is 15.5 Å². The second-order valence-electron chi connectivity index (χ2n) is 6.43. The number of carbonyl (C=O) groups is 1. The highest BCUT2D eigenvalue weighted by Crippen LogP contribution is 2.29. The van der Waals surface area contributed by atoms with E-state index in [1.807, 2.05) is 24.3 Å². The maximum atomic E-state index is 12.6. The van der Waals surface area contributed by atoms with Gasteiger partial charge in [0.25, 0.3) is 0 Å². The first-order valence-corrected chi connectivity index (χ1v) is 8.45. The largest absolute Gasteiger partial charge is 0.472 e.